The molecule has 0 atom stereocenters. The van der Waals surface area contributed by atoms with E-state index in [1.165, 1.54) is 5.57 Å². The molecular weight excluding hydrogens is 340 g/mol. The lowest BCUT2D eigenvalue weighted by Crippen LogP contribution is -2.23. The van der Waals surface area contributed by atoms with Crippen molar-refractivity contribution < 1.29 is 14.3 Å². The summed E-state index contributed by atoms with van der Waals surface area (Å²) in [6, 6.07) is 14.2. The van der Waals surface area contributed by atoms with Crippen molar-refractivity contribution in [1.82, 2.24) is 5.32 Å². The summed E-state index contributed by atoms with van der Waals surface area (Å²) in [5.41, 5.74) is 9.27. The van der Waals surface area contributed by atoms with E-state index >= 15 is 0 Å². The first-order valence-electron chi connectivity index (χ1n) is 8.89. The van der Waals surface area contributed by atoms with Gasteiger partial charge in [0.2, 0.25) is 5.91 Å². The number of primary amides is 1. The normalized spacial score (nSPS) is 13.2. The maximum absolute atomic E-state index is 12.3. The topological polar surface area (TPSA) is 81.4 Å². The number of benzene rings is 2. The second kappa shape index (κ2) is 8.36. The summed E-state index contributed by atoms with van der Waals surface area (Å²) in [7, 11) is 0. The lowest BCUT2D eigenvalue weighted by Gasteiger charge is -2.14. The van der Waals surface area contributed by atoms with E-state index in [1.807, 2.05) is 18.2 Å². The molecule has 27 heavy (non-hydrogen) atoms. The van der Waals surface area contributed by atoms with Gasteiger partial charge in [-0.3, -0.25) is 9.59 Å². The van der Waals surface area contributed by atoms with E-state index < -0.39 is 5.91 Å². The molecule has 3 N–H and O–H groups in total. The number of nitrogens with one attached hydrogen (secondary N) is 1. The quantitative estimate of drug-likeness (QED) is 0.821. The van der Waals surface area contributed by atoms with Gasteiger partial charge in [-0.2, -0.15) is 0 Å². The third-order valence-electron chi connectivity index (χ3n) is 4.45. The van der Waals surface area contributed by atoms with Gasteiger partial charge in [-0.25, -0.2) is 0 Å². The zero-order valence-electron chi connectivity index (χ0n) is 15.2. The summed E-state index contributed by atoms with van der Waals surface area (Å²) in [4.78, 5) is 23.6. The Morgan fingerprint density at radius 3 is 2.52 bits per heavy atom. The van der Waals surface area contributed by atoms with Gasteiger partial charge in [0.25, 0.3) is 5.91 Å². The minimum absolute atomic E-state index is 0.183. The van der Waals surface area contributed by atoms with Gasteiger partial charge in [-0.1, -0.05) is 31.2 Å². The Labute approximate surface area is 158 Å². The molecule has 0 spiro atoms. The van der Waals surface area contributed by atoms with Gasteiger partial charge in [0.1, 0.15) is 5.76 Å². The van der Waals surface area contributed by atoms with Crippen molar-refractivity contribution in [2.45, 2.75) is 26.3 Å². The standard InChI is InChI=1S/C22H22N2O3/c1-2-15-6-11-20(27-14-15)17-7-9-18(10-8-17)22(26)24-13-16-4-3-5-19(12-16)21(23)25/h3-5,7-12,14H,2,6,13H2,1H3,(H2,23,25)(H,24,26). The predicted octanol–water partition coefficient (Wildman–Crippen LogP) is 3.77. The Morgan fingerprint density at radius 1 is 1.11 bits per heavy atom. The monoisotopic (exact) mass is 362 g/mol. The van der Waals surface area contributed by atoms with Crippen LogP contribution in [0.25, 0.3) is 5.76 Å². The Balaban J connectivity index is 1.60. The van der Waals surface area contributed by atoms with Gasteiger partial charge in [0.15, 0.2) is 0 Å². The average Bonchev–Trinajstić information content (AvgIpc) is 2.72. The highest BCUT2D eigenvalue weighted by Gasteiger charge is 2.10. The summed E-state index contributed by atoms with van der Waals surface area (Å²) >= 11 is 0. The number of carbonyl (C=O) groups is 2. The van der Waals surface area contributed by atoms with Crippen LogP contribution in [0, 0.1) is 0 Å². The van der Waals surface area contributed by atoms with E-state index in [-0.39, 0.29) is 5.91 Å². The molecule has 0 bridgehead atoms. The molecule has 138 valence electrons. The van der Waals surface area contributed by atoms with Gasteiger partial charge in [0.05, 0.1) is 6.26 Å². The largest absolute Gasteiger partial charge is 0.465 e. The number of hydrogen-bond acceptors (Lipinski definition) is 3. The van der Waals surface area contributed by atoms with Gasteiger partial charge >= 0.3 is 0 Å². The number of rotatable bonds is 6. The molecule has 0 saturated heterocycles. The van der Waals surface area contributed by atoms with Crippen molar-refractivity contribution >= 4 is 17.6 Å². The summed E-state index contributed by atoms with van der Waals surface area (Å²) in [5, 5.41) is 2.85. The Bertz CT molecular complexity index is 911. The lowest BCUT2D eigenvalue weighted by molar-refractivity contribution is 0.0950. The fraction of sp³-hybridized carbons (Fsp3) is 0.182. The average molecular weight is 362 g/mol. The van der Waals surface area contributed by atoms with E-state index in [4.69, 9.17) is 10.5 Å². The van der Waals surface area contributed by atoms with Crippen LogP contribution in [-0.4, -0.2) is 11.8 Å². The first-order chi connectivity index (χ1) is 13.1. The molecule has 1 aliphatic rings. The van der Waals surface area contributed by atoms with Crippen LogP contribution >= 0.6 is 0 Å². The number of nitrogens with two attached hydrogens (primary N) is 1. The van der Waals surface area contributed by atoms with Crippen LogP contribution in [0.15, 0.2) is 66.4 Å². The van der Waals surface area contributed by atoms with Crippen LogP contribution in [-0.2, 0) is 11.3 Å². The summed E-state index contributed by atoms with van der Waals surface area (Å²) in [6.45, 7) is 2.42. The highest BCUT2D eigenvalue weighted by molar-refractivity contribution is 5.95. The van der Waals surface area contributed by atoms with Gasteiger partial charge in [0, 0.05) is 23.2 Å². The molecule has 0 aromatic heterocycles. The molecular formula is C22H22N2O3. The third-order valence-corrected chi connectivity index (χ3v) is 4.45. The van der Waals surface area contributed by atoms with Crippen molar-refractivity contribution in [3.8, 4) is 0 Å². The number of carbonyl (C=O) groups excluding carboxylic acids is 2. The van der Waals surface area contributed by atoms with Crippen molar-refractivity contribution in [2.24, 2.45) is 5.73 Å². The van der Waals surface area contributed by atoms with Gasteiger partial charge < -0.3 is 15.8 Å². The third kappa shape index (κ3) is 4.64. The van der Waals surface area contributed by atoms with Crippen LogP contribution < -0.4 is 11.1 Å². The molecule has 1 aliphatic heterocycles. The molecule has 0 unspecified atom stereocenters. The van der Waals surface area contributed by atoms with Crippen molar-refractivity contribution in [2.75, 3.05) is 0 Å². The van der Waals surface area contributed by atoms with Crippen molar-refractivity contribution in [3.05, 3.63) is 88.7 Å². The van der Waals surface area contributed by atoms with Crippen LogP contribution in [0.2, 0.25) is 0 Å². The summed E-state index contributed by atoms with van der Waals surface area (Å²) in [5.74, 6) is 0.138. The molecule has 0 aliphatic carbocycles. The minimum atomic E-state index is -0.487. The fourth-order valence-corrected chi connectivity index (χ4v) is 2.79. The van der Waals surface area contributed by atoms with Crippen LogP contribution in [0.4, 0.5) is 0 Å². The first kappa shape index (κ1) is 18.5. The number of hydrogen-bond donors (Lipinski definition) is 2. The van der Waals surface area contributed by atoms with Crippen molar-refractivity contribution in [1.29, 1.82) is 0 Å². The second-order valence-corrected chi connectivity index (χ2v) is 6.34. The van der Waals surface area contributed by atoms with Crippen molar-refractivity contribution in [3.63, 3.8) is 0 Å². The highest BCUT2D eigenvalue weighted by atomic mass is 16.5. The lowest BCUT2D eigenvalue weighted by atomic mass is 10.0. The van der Waals surface area contributed by atoms with E-state index in [9.17, 15) is 9.59 Å². The van der Waals surface area contributed by atoms with Crippen LogP contribution in [0.1, 0.15) is 51.6 Å². The number of amides is 2. The molecule has 0 radical (unpaired) electrons. The predicted molar refractivity (Wildman–Crippen MR) is 105 cm³/mol. The highest BCUT2D eigenvalue weighted by Crippen LogP contribution is 2.25. The molecule has 0 saturated carbocycles. The Hall–Kier alpha value is -3.34. The van der Waals surface area contributed by atoms with E-state index in [0.29, 0.717) is 17.7 Å². The minimum Gasteiger partial charge on any atom is -0.465 e. The fourth-order valence-electron chi connectivity index (χ4n) is 2.79. The second-order valence-electron chi connectivity index (χ2n) is 6.34. The number of allylic oxidation sites excluding steroid dienone is 2. The van der Waals surface area contributed by atoms with Crippen LogP contribution in [0.5, 0.6) is 0 Å². The zero-order chi connectivity index (χ0) is 19.2. The summed E-state index contributed by atoms with van der Waals surface area (Å²) < 4.78 is 5.66. The van der Waals surface area contributed by atoms with Crippen LogP contribution in [0.3, 0.4) is 0 Å². The Morgan fingerprint density at radius 2 is 1.89 bits per heavy atom. The molecule has 3 rings (SSSR count). The smallest absolute Gasteiger partial charge is 0.251 e. The summed E-state index contributed by atoms with van der Waals surface area (Å²) in [6.07, 6.45) is 5.72. The number of ether oxygens (including phenoxy) is 1. The molecule has 5 nitrogen and oxygen atoms in total. The van der Waals surface area contributed by atoms with Gasteiger partial charge in [-0.05, 0) is 54.3 Å². The maximum Gasteiger partial charge on any atom is 0.251 e. The molecule has 0 fully saturated rings. The van der Waals surface area contributed by atoms with E-state index in [0.717, 1.165) is 29.7 Å². The maximum atomic E-state index is 12.3. The van der Waals surface area contributed by atoms with E-state index in [1.54, 1.807) is 36.6 Å². The molecule has 2 aromatic rings. The Kier molecular flexibility index (Phi) is 5.71. The molecule has 1 heterocycles. The molecule has 5 heteroatoms. The SMILES string of the molecule is CCC1=COC(c2ccc(C(=O)NCc3cccc(C(N)=O)c3)cc2)=CC1. The molecule has 2 amide bonds. The molecule has 2 aromatic carbocycles. The first-order valence-corrected chi connectivity index (χ1v) is 8.89. The van der Waals surface area contributed by atoms with E-state index in [2.05, 4.69) is 18.3 Å². The zero-order valence-corrected chi connectivity index (χ0v) is 15.2. The van der Waals surface area contributed by atoms with Gasteiger partial charge in [-0.15, -0.1) is 0 Å².